The fraction of sp³-hybridized carbons (Fsp3) is 0.538. The molecule has 0 aliphatic carbocycles. The third-order valence-corrected chi connectivity index (χ3v) is 3.50. The molecule has 0 saturated carbocycles. The summed E-state index contributed by atoms with van der Waals surface area (Å²) in [5, 5.41) is 0. The zero-order chi connectivity index (χ0) is 9.97. The van der Waals surface area contributed by atoms with Crippen molar-refractivity contribution >= 4 is 0 Å². The SMILES string of the molecule is CC1CCN(Cc2ccccc2)C1C. The second kappa shape index (κ2) is 4.14. The van der Waals surface area contributed by atoms with Crippen LogP contribution in [0.25, 0.3) is 0 Å². The van der Waals surface area contributed by atoms with Gasteiger partial charge in [-0.3, -0.25) is 4.90 Å². The highest BCUT2D eigenvalue weighted by Gasteiger charge is 2.26. The fourth-order valence-electron chi connectivity index (χ4n) is 2.22. The maximum atomic E-state index is 2.58. The Kier molecular flexibility index (Phi) is 2.87. The van der Waals surface area contributed by atoms with E-state index in [1.54, 1.807) is 0 Å². The lowest BCUT2D eigenvalue weighted by Crippen LogP contribution is -2.28. The number of likely N-dealkylation sites (tertiary alicyclic amines) is 1. The van der Waals surface area contributed by atoms with E-state index in [4.69, 9.17) is 0 Å². The topological polar surface area (TPSA) is 3.24 Å². The molecule has 2 unspecified atom stereocenters. The van der Waals surface area contributed by atoms with Crippen LogP contribution < -0.4 is 0 Å². The van der Waals surface area contributed by atoms with Crippen molar-refractivity contribution in [1.29, 1.82) is 0 Å². The van der Waals surface area contributed by atoms with Gasteiger partial charge in [0.25, 0.3) is 0 Å². The highest BCUT2D eigenvalue weighted by atomic mass is 15.2. The highest BCUT2D eigenvalue weighted by Crippen LogP contribution is 2.24. The highest BCUT2D eigenvalue weighted by molar-refractivity contribution is 5.14. The quantitative estimate of drug-likeness (QED) is 0.691. The van der Waals surface area contributed by atoms with Gasteiger partial charge in [-0.15, -0.1) is 0 Å². The van der Waals surface area contributed by atoms with E-state index in [9.17, 15) is 0 Å². The van der Waals surface area contributed by atoms with E-state index >= 15 is 0 Å². The third kappa shape index (κ3) is 1.98. The summed E-state index contributed by atoms with van der Waals surface area (Å²) < 4.78 is 0. The summed E-state index contributed by atoms with van der Waals surface area (Å²) in [4.78, 5) is 2.58. The van der Waals surface area contributed by atoms with Gasteiger partial charge in [0, 0.05) is 12.6 Å². The molecule has 0 aromatic heterocycles. The monoisotopic (exact) mass is 189 g/mol. The lowest BCUT2D eigenvalue weighted by Gasteiger charge is -2.22. The van der Waals surface area contributed by atoms with Gasteiger partial charge in [0.2, 0.25) is 0 Å². The van der Waals surface area contributed by atoms with Crippen LogP contribution in [0.2, 0.25) is 0 Å². The first-order valence-corrected chi connectivity index (χ1v) is 5.55. The number of rotatable bonds is 2. The van der Waals surface area contributed by atoms with Crippen LogP contribution in [0.5, 0.6) is 0 Å². The molecule has 0 radical (unpaired) electrons. The van der Waals surface area contributed by atoms with Gasteiger partial charge in [-0.1, -0.05) is 37.3 Å². The number of hydrogen-bond donors (Lipinski definition) is 0. The average Bonchev–Trinajstić information content (AvgIpc) is 2.52. The Morgan fingerprint density at radius 2 is 1.93 bits per heavy atom. The Balaban J connectivity index is 1.99. The number of hydrogen-bond acceptors (Lipinski definition) is 1. The van der Waals surface area contributed by atoms with Gasteiger partial charge >= 0.3 is 0 Å². The largest absolute Gasteiger partial charge is 0.296 e. The first-order chi connectivity index (χ1) is 6.77. The molecule has 0 spiro atoms. The summed E-state index contributed by atoms with van der Waals surface area (Å²) in [5.74, 6) is 0.860. The Morgan fingerprint density at radius 1 is 1.21 bits per heavy atom. The minimum Gasteiger partial charge on any atom is -0.296 e. The molecule has 76 valence electrons. The number of nitrogens with zero attached hydrogens (tertiary/aromatic N) is 1. The molecule has 1 aromatic carbocycles. The summed E-state index contributed by atoms with van der Waals surface area (Å²) >= 11 is 0. The second-order valence-electron chi connectivity index (χ2n) is 4.46. The minimum atomic E-state index is 0.746. The van der Waals surface area contributed by atoms with Gasteiger partial charge in [-0.25, -0.2) is 0 Å². The summed E-state index contributed by atoms with van der Waals surface area (Å²) in [7, 11) is 0. The molecule has 0 N–H and O–H groups in total. The first kappa shape index (κ1) is 9.72. The molecular weight excluding hydrogens is 170 g/mol. The van der Waals surface area contributed by atoms with Crippen LogP contribution in [0.3, 0.4) is 0 Å². The van der Waals surface area contributed by atoms with Gasteiger partial charge in [-0.2, -0.15) is 0 Å². The van der Waals surface area contributed by atoms with E-state index in [0.717, 1.165) is 18.5 Å². The van der Waals surface area contributed by atoms with E-state index in [1.807, 2.05) is 0 Å². The summed E-state index contributed by atoms with van der Waals surface area (Å²) in [6, 6.07) is 11.5. The van der Waals surface area contributed by atoms with Crippen LogP contribution in [-0.2, 0) is 6.54 Å². The average molecular weight is 189 g/mol. The van der Waals surface area contributed by atoms with Gasteiger partial charge in [0.05, 0.1) is 0 Å². The van der Waals surface area contributed by atoms with Gasteiger partial charge in [-0.05, 0) is 31.4 Å². The molecule has 1 heterocycles. The van der Waals surface area contributed by atoms with Crippen LogP contribution in [0.15, 0.2) is 30.3 Å². The van der Waals surface area contributed by atoms with E-state index in [1.165, 1.54) is 18.5 Å². The summed E-state index contributed by atoms with van der Waals surface area (Å²) in [6.07, 6.45) is 1.36. The van der Waals surface area contributed by atoms with Crippen molar-refractivity contribution < 1.29 is 0 Å². The van der Waals surface area contributed by atoms with Crippen LogP contribution in [0, 0.1) is 5.92 Å². The smallest absolute Gasteiger partial charge is 0.0236 e. The second-order valence-corrected chi connectivity index (χ2v) is 4.46. The zero-order valence-electron chi connectivity index (χ0n) is 9.11. The Labute approximate surface area is 86.7 Å². The van der Waals surface area contributed by atoms with Crippen molar-refractivity contribution in [2.45, 2.75) is 32.9 Å². The van der Waals surface area contributed by atoms with E-state index in [2.05, 4.69) is 49.1 Å². The van der Waals surface area contributed by atoms with E-state index < -0.39 is 0 Å². The van der Waals surface area contributed by atoms with Crippen molar-refractivity contribution in [3.63, 3.8) is 0 Å². The molecular formula is C13H19N. The molecule has 2 atom stereocenters. The van der Waals surface area contributed by atoms with Crippen LogP contribution in [-0.4, -0.2) is 17.5 Å². The van der Waals surface area contributed by atoms with Gasteiger partial charge in [0.15, 0.2) is 0 Å². The van der Waals surface area contributed by atoms with Crippen LogP contribution in [0.1, 0.15) is 25.8 Å². The molecule has 1 fully saturated rings. The molecule has 14 heavy (non-hydrogen) atoms. The van der Waals surface area contributed by atoms with Crippen LogP contribution >= 0.6 is 0 Å². The number of benzene rings is 1. The fourth-order valence-corrected chi connectivity index (χ4v) is 2.22. The molecule has 0 bridgehead atoms. The molecule has 1 aliphatic heterocycles. The Bertz CT molecular complexity index is 281. The maximum Gasteiger partial charge on any atom is 0.0236 e. The zero-order valence-corrected chi connectivity index (χ0v) is 9.11. The van der Waals surface area contributed by atoms with Crippen molar-refractivity contribution in [2.75, 3.05) is 6.54 Å². The lowest BCUT2D eigenvalue weighted by atomic mass is 10.1. The predicted molar refractivity (Wildman–Crippen MR) is 60.1 cm³/mol. The van der Waals surface area contributed by atoms with Crippen molar-refractivity contribution in [2.24, 2.45) is 5.92 Å². The van der Waals surface area contributed by atoms with Crippen molar-refractivity contribution in [3.8, 4) is 0 Å². The van der Waals surface area contributed by atoms with Crippen LogP contribution in [0.4, 0.5) is 0 Å². The third-order valence-electron chi connectivity index (χ3n) is 3.50. The van der Waals surface area contributed by atoms with E-state index in [0.29, 0.717) is 0 Å². The molecule has 1 nitrogen and oxygen atoms in total. The first-order valence-electron chi connectivity index (χ1n) is 5.55. The maximum absolute atomic E-state index is 2.58. The standard InChI is InChI=1S/C13H19N/c1-11-8-9-14(12(11)2)10-13-6-4-3-5-7-13/h3-7,11-12H,8-10H2,1-2H3. The molecule has 1 saturated heterocycles. The van der Waals surface area contributed by atoms with Gasteiger partial charge < -0.3 is 0 Å². The summed E-state index contributed by atoms with van der Waals surface area (Å²) in [5.41, 5.74) is 1.44. The van der Waals surface area contributed by atoms with Gasteiger partial charge in [0.1, 0.15) is 0 Å². The predicted octanol–water partition coefficient (Wildman–Crippen LogP) is 2.92. The molecule has 1 aromatic rings. The normalized spacial score (nSPS) is 28.1. The molecule has 2 rings (SSSR count). The van der Waals surface area contributed by atoms with Crippen molar-refractivity contribution in [3.05, 3.63) is 35.9 Å². The lowest BCUT2D eigenvalue weighted by molar-refractivity contribution is 0.239. The molecule has 1 aliphatic rings. The Morgan fingerprint density at radius 3 is 2.50 bits per heavy atom. The molecule has 1 heteroatoms. The molecule has 0 amide bonds. The summed E-state index contributed by atoms with van der Waals surface area (Å²) in [6.45, 7) is 7.08. The minimum absolute atomic E-state index is 0.746. The van der Waals surface area contributed by atoms with E-state index in [-0.39, 0.29) is 0 Å². The Hall–Kier alpha value is -0.820. The van der Waals surface area contributed by atoms with Crippen molar-refractivity contribution in [1.82, 2.24) is 4.90 Å².